The van der Waals surface area contributed by atoms with Crippen LogP contribution >= 0.6 is 15.9 Å². The van der Waals surface area contributed by atoms with Gasteiger partial charge in [-0.25, -0.2) is 15.0 Å². The Morgan fingerprint density at radius 3 is 2.64 bits per heavy atom. The minimum absolute atomic E-state index is 0.421. The van der Waals surface area contributed by atoms with E-state index < -0.39 is 0 Å². The molecule has 5 nitrogen and oxygen atoms in total. The number of hydrogen-bond acceptors (Lipinski definition) is 4. The molecule has 0 unspecified atom stereocenters. The number of nitrogens with zero attached hydrogens (tertiary/aromatic N) is 5. The number of amidine groups is 1. The SMILES string of the molecule is C=CN=C(N=C)c1cccc(/C(C=C)=C/N(C)c2cncc(Br)c2)n1. The van der Waals surface area contributed by atoms with Gasteiger partial charge in [0, 0.05) is 35.7 Å². The number of anilines is 1. The van der Waals surface area contributed by atoms with Crippen LogP contribution in [0.3, 0.4) is 0 Å². The number of aliphatic imine (C=N–C) groups is 2. The fraction of sp³-hybridized carbons (Fsp3) is 0.0526. The van der Waals surface area contributed by atoms with Crippen LogP contribution in [0.25, 0.3) is 5.57 Å². The topological polar surface area (TPSA) is 53.7 Å². The second kappa shape index (κ2) is 8.84. The summed E-state index contributed by atoms with van der Waals surface area (Å²) < 4.78 is 0.910. The van der Waals surface area contributed by atoms with Gasteiger partial charge in [0.15, 0.2) is 5.84 Å². The maximum absolute atomic E-state index is 4.59. The van der Waals surface area contributed by atoms with Crippen molar-refractivity contribution in [3.63, 3.8) is 0 Å². The Kier molecular flexibility index (Phi) is 6.54. The fourth-order valence-electron chi connectivity index (χ4n) is 2.09. The van der Waals surface area contributed by atoms with E-state index in [0.717, 1.165) is 21.4 Å². The molecule has 0 bridgehead atoms. The average molecular weight is 396 g/mol. The second-order valence-corrected chi connectivity index (χ2v) is 5.88. The molecule has 0 saturated heterocycles. The standard InChI is InChI=1S/C19H18BrN5/c1-5-14(13-25(4)16-10-15(20)11-22-12-16)17-8-7-9-18(24-17)19(21-3)23-6-2/h5-13H,1-3H2,4H3/b14-13+,23-19?. The van der Waals surface area contributed by atoms with Crippen molar-refractivity contribution >= 4 is 39.7 Å². The molecule has 126 valence electrons. The average Bonchev–Trinajstić information content (AvgIpc) is 2.64. The van der Waals surface area contributed by atoms with E-state index >= 15 is 0 Å². The lowest BCUT2D eigenvalue weighted by atomic mass is 10.1. The smallest absolute Gasteiger partial charge is 0.177 e. The molecule has 0 atom stereocenters. The lowest BCUT2D eigenvalue weighted by Gasteiger charge is -2.16. The third kappa shape index (κ3) is 4.81. The van der Waals surface area contributed by atoms with Crippen molar-refractivity contribution in [3.8, 4) is 0 Å². The van der Waals surface area contributed by atoms with Gasteiger partial charge >= 0.3 is 0 Å². The van der Waals surface area contributed by atoms with Crippen LogP contribution in [0, 0.1) is 0 Å². The Labute approximate surface area is 156 Å². The van der Waals surface area contributed by atoms with Crippen molar-refractivity contribution in [2.75, 3.05) is 11.9 Å². The highest BCUT2D eigenvalue weighted by Gasteiger charge is 2.07. The largest absolute Gasteiger partial charge is 0.349 e. The fourth-order valence-corrected chi connectivity index (χ4v) is 2.45. The Balaban J connectivity index is 2.40. The van der Waals surface area contributed by atoms with Crippen LogP contribution < -0.4 is 4.90 Å². The highest BCUT2D eigenvalue weighted by molar-refractivity contribution is 9.10. The summed E-state index contributed by atoms with van der Waals surface area (Å²) in [6.45, 7) is 11.0. The number of pyridine rings is 2. The van der Waals surface area contributed by atoms with Gasteiger partial charge in [-0.05, 0) is 40.8 Å². The summed E-state index contributed by atoms with van der Waals surface area (Å²) in [5.74, 6) is 0.421. The first-order valence-electron chi connectivity index (χ1n) is 7.40. The predicted octanol–water partition coefficient (Wildman–Crippen LogP) is 4.49. The van der Waals surface area contributed by atoms with Gasteiger partial charge in [0.05, 0.1) is 17.6 Å². The van der Waals surface area contributed by atoms with Crippen LogP contribution in [0.5, 0.6) is 0 Å². The summed E-state index contributed by atoms with van der Waals surface area (Å²) in [5, 5.41) is 0. The third-order valence-corrected chi connectivity index (χ3v) is 3.72. The van der Waals surface area contributed by atoms with Gasteiger partial charge in [-0.2, -0.15) is 0 Å². The predicted molar refractivity (Wildman–Crippen MR) is 109 cm³/mol. The number of halogens is 1. The molecule has 0 radical (unpaired) electrons. The normalized spacial score (nSPS) is 11.8. The molecule has 0 aliphatic rings. The zero-order valence-electron chi connectivity index (χ0n) is 13.9. The van der Waals surface area contributed by atoms with Crippen LogP contribution in [0.4, 0.5) is 5.69 Å². The Morgan fingerprint density at radius 2 is 2.00 bits per heavy atom. The monoisotopic (exact) mass is 395 g/mol. The molecule has 0 aromatic carbocycles. The maximum atomic E-state index is 4.59. The van der Waals surface area contributed by atoms with E-state index in [0.29, 0.717) is 11.5 Å². The molecular formula is C19H18BrN5. The first-order chi connectivity index (χ1) is 12.1. The summed E-state index contributed by atoms with van der Waals surface area (Å²) in [6, 6.07) is 7.59. The highest BCUT2D eigenvalue weighted by Crippen LogP contribution is 2.21. The third-order valence-electron chi connectivity index (χ3n) is 3.29. The molecule has 0 saturated carbocycles. The molecule has 0 N–H and O–H groups in total. The van der Waals surface area contributed by atoms with Gasteiger partial charge in [0.2, 0.25) is 0 Å². The number of rotatable bonds is 6. The molecular weight excluding hydrogens is 378 g/mol. The molecule has 0 aliphatic heterocycles. The zero-order chi connectivity index (χ0) is 18.2. The minimum atomic E-state index is 0.421. The van der Waals surface area contributed by atoms with E-state index in [1.54, 1.807) is 18.5 Å². The van der Waals surface area contributed by atoms with Gasteiger partial charge < -0.3 is 4.90 Å². The van der Waals surface area contributed by atoms with Gasteiger partial charge in [-0.15, -0.1) is 0 Å². The molecule has 0 amide bonds. The Bertz CT molecular complexity index is 854. The van der Waals surface area contributed by atoms with Gasteiger partial charge in [0.1, 0.15) is 5.69 Å². The highest BCUT2D eigenvalue weighted by atomic mass is 79.9. The van der Waals surface area contributed by atoms with Crippen LogP contribution in [0.1, 0.15) is 11.4 Å². The summed E-state index contributed by atoms with van der Waals surface area (Å²) in [6.07, 6.45) is 8.62. The van der Waals surface area contributed by atoms with E-state index in [-0.39, 0.29) is 0 Å². The first kappa shape index (κ1) is 18.5. The van der Waals surface area contributed by atoms with Gasteiger partial charge in [-0.1, -0.05) is 25.3 Å². The molecule has 25 heavy (non-hydrogen) atoms. The summed E-state index contributed by atoms with van der Waals surface area (Å²) in [5.41, 5.74) is 3.16. The first-order valence-corrected chi connectivity index (χ1v) is 8.19. The Hall–Kier alpha value is -2.86. The quantitative estimate of drug-likeness (QED) is 0.411. The van der Waals surface area contributed by atoms with E-state index in [1.165, 1.54) is 6.20 Å². The van der Waals surface area contributed by atoms with Crippen LogP contribution in [-0.4, -0.2) is 29.6 Å². The lowest BCUT2D eigenvalue weighted by molar-refractivity contribution is 1.16. The number of aromatic nitrogens is 2. The second-order valence-electron chi connectivity index (χ2n) is 4.96. The van der Waals surface area contributed by atoms with Crippen molar-refractivity contribution in [2.24, 2.45) is 9.98 Å². The molecule has 6 heteroatoms. The van der Waals surface area contributed by atoms with Gasteiger partial charge in [0.25, 0.3) is 0 Å². The van der Waals surface area contributed by atoms with Crippen molar-refractivity contribution in [1.29, 1.82) is 0 Å². The van der Waals surface area contributed by atoms with E-state index in [1.807, 2.05) is 42.4 Å². The molecule has 2 aromatic rings. The molecule has 2 aromatic heterocycles. The van der Waals surface area contributed by atoms with Crippen molar-refractivity contribution in [1.82, 2.24) is 9.97 Å². The van der Waals surface area contributed by atoms with Crippen LogP contribution in [0.2, 0.25) is 0 Å². The van der Waals surface area contributed by atoms with Crippen molar-refractivity contribution < 1.29 is 0 Å². The van der Waals surface area contributed by atoms with Crippen LogP contribution in [-0.2, 0) is 0 Å². The molecule has 2 heterocycles. The molecule has 0 fully saturated rings. The minimum Gasteiger partial charge on any atom is -0.349 e. The summed E-state index contributed by atoms with van der Waals surface area (Å²) in [7, 11) is 1.94. The zero-order valence-corrected chi connectivity index (χ0v) is 15.5. The summed E-state index contributed by atoms with van der Waals surface area (Å²) in [4.78, 5) is 18.7. The summed E-state index contributed by atoms with van der Waals surface area (Å²) >= 11 is 3.43. The number of allylic oxidation sites excluding steroid dienone is 2. The van der Waals surface area contributed by atoms with Gasteiger partial charge in [-0.3, -0.25) is 4.98 Å². The number of hydrogen-bond donors (Lipinski definition) is 0. The molecule has 0 aliphatic carbocycles. The van der Waals surface area contributed by atoms with E-state index in [9.17, 15) is 0 Å². The van der Waals surface area contributed by atoms with E-state index in [2.05, 4.69) is 55.8 Å². The molecule has 2 rings (SSSR count). The van der Waals surface area contributed by atoms with Crippen LogP contribution in [0.15, 0.2) is 82.8 Å². The maximum Gasteiger partial charge on any atom is 0.177 e. The van der Waals surface area contributed by atoms with Crippen molar-refractivity contribution in [3.05, 3.63) is 84.2 Å². The molecule has 0 spiro atoms. The van der Waals surface area contributed by atoms with E-state index in [4.69, 9.17) is 0 Å². The lowest BCUT2D eigenvalue weighted by Crippen LogP contribution is -2.10. The van der Waals surface area contributed by atoms with Crippen molar-refractivity contribution in [2.45, 2.75) is 0 Å². The Morgan fingerprint density at radius 1 is 1.24 bits per heavy atom.